The molecule has 0 saturated carbocycles. The third-order valence-electron chi connectivity index (χ3n) is 3.25. The van der Waals surface area contributed by atoms with Crippen LogP contribution in [-0.4, -0.2) is 5.71 Å². The van der Waals surface area contributed by atoms with Crippen LogP contribution in [0.3, 0.4) is 0 Å². The van der Waals surface area contributed by atoms with E-state index in [2.05, 4.69) is 56.6 Å². The van der Waals surface area contributed by atoms with Gasteiger partial charge < -0.3 is 0 Å². The number of hydrogen-bond acceptors (Lipinski definition) is 1. The molecular weight excluding hydrogens is 194 g/mol. The highest BCUT2D eigenvalue weighted by molar-refractivity contribution is 6.12. The molecular formula is C15H17N. The molecule has 0 fully saturated rings. The van der Waals surface area contributed by atoms with Crippen molar-refractivity contribution in [2.24, 2.45) is 4.99 Å². The Hall–Kier alpha value is -1.63. The van der Waals surface area contributed by atoms with Crippen LogP contribution >= 0.6 is 0 Å². The van der Waals surface area contributed by atoms with E-state index in [-0.39, 0.29) is 5.41 Å². The van der Waals surface area contributed by atoms with E-state index in [4.69, 9.17) is 0 Å². The van der Waals surface area contributed by atoms with Crippen LogP contribution < -0.4 is 0 Å². The Kier molecular flexibility index (Phi) is 2.55. The van der Waals surface area contributed by atoms with Gasteiger partial charge >= 0.3 is 0 Å². The Morgan fingerprint density at radius 1 is 1.25 bits per heavy atom. The average molecular weight is 211 g/mol. The number of nitrogens with zero attached hydrogens (tertiary/aromatic N) is 1. The second kappa shape index (κ2) is 3.75. The minimum absolute atomic E-state index is 0.0105. The molecule has 1 aromatic carbocycles. The van der Waals surface area contributed by atoms with Gasteiger partial charge in [0, 0.05) is 5.41 Å². The van der Waals surface area contributed by atoms with Crippen LogP contribution in [0.15, 0.2) is 53.6 Å². The third-order valence-corrected chi connectivity index (χ3v) is 3.25. The molecule has 1 aromatic rings. The molecule has 0 aliphatic carbocycles. The van der Waals surface area contributed by atoms with Crippen molar-refractivity contribution in [3.8, 4) is 0 Å². The van der Waals surface area contributed by atoms with Crippen molar-refractivity contribution in [2.75, 3.05) is 0 Å². The zero-order valence-electron chi connectivity index (χ0n) is 10.1. The molecule has 82 valence electrons. The zero-order valence-corrected chi connectivity index (χ0v) is 10.1. The van der Waals surface area contributed by atoms with Gasteiger partial charge in [-0.1, -0.05) is 44.7 Å². The van der Waals surface area contributed by atoms with Gasteiger partial charge in [-0.2, -0.15) is 0 Å². The molecule has 0 unspecified atom stereocenters. The van der Waals surface area contributed by atoms with Crippen molar-refractivity contribution in [1.82, 2.24) is 0 Å². The molecule has 0 atom stereocenters. The van der Waals surface area contributed by atoms with E-state index in [0.717, 1.165) is 11.4 Å². The zero-order chi connectivity index (χ0) is 11.8. The molecule has 1 nitrogen and oxygen atoms in total. The molecule has 0 amide bonds. The SMILES string of the molecule is C=CC1=Nc2ccccc2C(C)(C)/C1=C/C. The third kappa shape index (κ3) is 1.44. The minimum Gasteiger partial charge on any atom is -0.248 e. The van der Waals surface area contributed by atoms with Crippen molar-refractivity contribution in [1.29, 1.82) is 0 Å². The lowest BCUT2D eigenvalue weighted by atomic mass is 9.73. The van der Waals surface area contributed by atoms with Gasteiger partial charge in [-0.25, -0.2) is 4.99 Å². The molecule has 1 aliphatic rings. The monoisotopic (exact) mass is 211 g/mol. The Morgan fingerprint density at radius 3 is 2.56 bits per heavy atom. The number of allylic oxidation sites excluding steroid dienone is 3. The molecule has 0 aromatic heterocycles. The van der Waals surface area contributed by atoms with Crippen LogP contribution in [0.5, 0.6) is 0 Å². The molecule has 0 radical (unpaired) electrons. The Morgan fingerprint density at radius 2 is 1.94 bits per heavy atom. The summed E-state index contributed by atoms with van der Waals surface area (Å²) in [5, 5.41) is 0. The Bertz CT molecular complexity index is 490. The number of benzene rings is 1. The van der Waals surface area contributed by atoms with Crippen LogP contribution in [0.4, 0.5) is 5.69 Å². The summed E-state index contributed by atoms with van der Waals surface area (Å²) in [5.41, 5.74) is 4.60. The van der Waals surface area contributed by atoms with E-state index in [1.165, 1.54) is 11.1 Å². The Balaban J connectivity index is 2.74. The molecule has 0 saturated heterocycles. The molecule has 1 aliphatic heterocycles. The van der Waals surface area contributed by atoms with Gasteiger partial charge in [-0.15, -0.1) is 0 Å². The normalized spacial score (nSPS) is 20.2. The van der Waals surface area contributed by atoms with Gasteiger partial charge in [0.1, 0.15) is 0 Å². The van der Waals surface area contributed by atoms with Crippen molar-refractivity contribution in [2.45, 2.75) is 26.2 Å². The molecule has 2 rings (SSSR count). The molecule has 1 heteroatoms. The summed E-state index contributed by atoms with van der Waals surface area (Å²) in [6, 6.07) is 8.32. The number of aliphatic imine (C=N–C) groups is 1. The first-order valence-electron chi connectivity index (χ1n) is 5.59. The van der Waals surface area contributed by atoms with Crippen molar-refractivity contribution in [3.05, 3.63) is 54.1 Å². The van der Waals surface area contributed by atoms with E-state index >= 15 is 0 Å². The number of rotatable bonds is 1. The van der Waals surface area contributed by atoms with Crippen LogP contribution in [0, 0.1) is 0 Å². The van der Waals surface area contributed by atoms with Crippen LogP contribution in [0.25, 0.3) is 0 Å². The van der Waals surface area contributed by atoms with Crippen molar-refractivity contribution in [3.63, 3.8) is 0 Å². The quantitative estimate of drug-likeness (QED) is 0.660. The topological polar surface area (TPSA) is 12.4 Å². The summed E-state index contributed by atoms with van der Waals surface area (Å²) in [6.45, 7) is 10.4. The molecule has 0 spiro atoms. The number of hydrogen-bond donors (Lipinski definition) is 0. The fraction of sp³-hybridized carbons (Fsp3) is 0.267. The summed E-state index contributed by atoms with van der Waals surface area (Å²) in [5.74, 6) is 0. The maximum absolute atomic E-state index is 4.64. The van der Waals surface area contributed by atoms with Gasteiger partial charge in [-0.3, -0.25) is 0 Å². The van der Waals surface area contributed by atoms with Crippen LogP contribution in [0.1, 0.15) is 26.3 Å². The predicted octanol–water partition coefficient (Wildman–Crippen LogP) is 4.18. The number of fused-ring (bicyclic) bond motifs is 1. The first kappa shape index (κ1) is 10.9. The standard InChI is InChI=1S/C15H17N/c1-5-11-13(6-2)16-14-10-8-7-9-12(14)15(11,3)4/h5-10H,2H2,1,3-4H3/b11-5+. The maximum Gasteiger partial charge on any atom is 0.0677 e. The van der Waals surface area contributed by atoms with Crippen LogP contribution in [0.2, 0.25) is 0 Å². The highest BCUT2D eigenvalue weighted by atomic mass is 14.8. The van der Waals surface area contributed by atoms with Gasteiger partial charge in [0.25, 0.3) is 0 Å². The van der Waals surface area contributed by atoms with E-state index in [1.807, 2.05) is 12.1 Å². The van der Waals surface area contributed by atoms with E-state index < -0.39 is 0 Å². The lowest BCUT2D eigenvalue weighted by Gasteiger charge is -2.33. The second-order valence-electron chi connectivity index (χ2n) is 4.55. The average Bonchev–Trinajstić information content (AvgIpc) is 2.28. The van der Waals surface area contributed by atoms with E-state index in [0.29, 0.717) is 0 Å². The van der Waals surface area contributed by atoms with Gasteiger partial charge in [0.15, 0.2) is 0 Å². The van der Waals surface area contributed by atoms with Crippen molar-refractivity contribution >= 4 is 11.4 Å². The molecule has 16 heavy (non-hydrogen) atoms. The van der Waals surface area contributed by atoms with Crippen LogP contribution in [-0.2, 0) is 5.41 Å². The lowest BCUT2D eigenvalue weighted by Crippen LogP contribution is -2.28. The Labute approximate surface area is 97.2 Å². The summed E-state index contributed by atoms with van der Waals surface area (Å²) >= 11 is 0. The fourth-order valence-corrected chi connectivity index (χ4v) is 2.42. The number of para-hydroxylation sites is 1. The fourth-order valence-electron chi connectivity index (χ4n) is 2.42. The van der Waals surface area contributed by atoms with E-state index in [1.54, 1.807) is 0 Å². The summed E-state index contributed by atoms with van der Waals surface area (Å²) in [7, 11) is 0. The first-order chi connectivity index (χ1) is 7.61. The molecule has 0 N–H and O–H groups in total. The van der Waals surface area contributed by atoms with E-state index in [9.17, 15) is 0 Å². The summed E-state index contributed by atoms with van der Waals surface area (Å²) in [6.07, 6.45) is 3.98. The highest BCUT2D eigenvalue weighted by Crippen LogP contribution is 2.42. The molecule has 0 bridgehead atoms. The summed E-state index contributed by atoms with van der Waals surface area (Å²) < 4.78 is 0. The molecule has 1 heterocycles. The first-order valence-corrected chi connectivity index (χ1v) is 5.59. The van der Waals surface area contributed by atoms with Crippen molar-refractivity contribution < 1.29 is 0 Å². The smallest absolute Gasteiger partial charge is 0.0677 e. The lowest BCUT2D eigenvalue weighted by molar-refractivity contribution is 0.642. The predicted molar refractivity (Wildman–Crippen MR) is 70.5 cm³/mol. The van der Waals surface area contributed by atoms with Gasteiger partial charge in [-0.05, 0) is 30.2 Å². The second-order valence-corrected chi connectivity index (χ2v) is 4.55. The summed E-state index contributed by atoms with van der Waals surface area (Å²) in [4.78, 5) is 4.64. The minimum atomic E-state index is 0.0105. The van der Waals surface area contributed by atoms with Gasteiger partial charge in [0.05, 0.1) is 11.4 Å². The van der Waals surface area contributed by atoms with Gasteiger partial charge in [0.2, 0.25) is 0 Å². The highest BCUT2D eigenvalue weighted by Gasteiger charge is 2.32. The largest absolute Gasteiger partial charge is 0.248 e. The maximum atomic E-state index is 4.64.